The monoisotopic (exact) mass is 387 g/mol. The third kappa shape index (κ3) is 5.50. The van der Waals surface area contributed by atoms with Gasteiger partial charge in [0.1, 0.15) is 0 Å². The van der Waals surface area contributed by atoms with E-state index < -0.39 is 15.8 Å². The molecule has 0 saturated carbocycles. The molecule has 0 aliphatic rings. The molecule has 8 heteroatoms. The quantitative estimate of drug-likeness (QED) is 0.657. The minimum Gasteiger partial charge on any atom is -0.491 e. The number of thiophene rings is 1. The van der Waals surface area contributed by atoms with Crippen LogP contribution < -0.4 is 9.46 Å². The number of benzene rings is 1. The van der Waals surface area contributed by atoms with E-state index in [0.29, 0.717) is 19.4 Å². The minimum atomic E-state index is -3.80. The van der Waals surface area contributed by atoms with Crippen molar-refractivity contribution in [2.24, 2.45) is 0 Å². The third-order valence-electron chi connectivity index (χ3n) is 3.72. The molecule has 2 N–H and O–H groups in total. The molecule has 0 spiro atoms. The molecule has 25 heavy (non-hydrogen) atoms. The molecule has 2 rings (SSSR count). The second-order valence-electron chi connectivity index (χ2n) is 5.44. The smallest absolute Gasteiger partial charge is 0.240 e. The molecule has 0 radical (unpaired) electrons. The van der Waals surface area contributed by atoms with Crippen LogP contribution in [0.5, 0.6) is 5.75 Å². The number of ether oxygens (including phenoxy) is 1. The molecular weight excluding hydrogens is 365 g/mol. The van der Waals surface area contributed by atoms with Crippen LogP contribution >= 0.6 is 11.3 Å². The average molecular weight is 387 g/mol. The molecule has 0 saturated heterocycles. The van der Waals surface area contributed by atoms with Gasteiger partial charge in [-0.05, 0) is 55.3 Å². The summed E-state index contributed by atoms with van der Waals surface area (Å²) in [7, 11) is -3.80. The lowest BCUT2D eigenvalue weighted by Crippen LogP contribution is -2.26. The van der Waals surface area contributed by atoms with Crippen molar-refractivity contribution in [3.05, 3.63) is 46.4 Å². The van der Waals surface area contributed by atoms with Crippen LogP contribution in [-0.4, -0.2) is 33.3 Å². The van der Waals surface area contributed by atoms with Crippen molar-refractivity contribution >= 4 is 21.4 Å². The molecule has 0 fully saturated rings. The lowest BCUT2D eigenvalue weighted by molar-refractivity contribution is 0.273. The van der Waals surface area contributed by atoms with Crippen LogP contribution in [0, 0.1) is 5.82 Å². The Labute approximate surface area is 151 Å². The number of nitrogens with one attached hydrogen (secondary N) is 1. The summed E-state index contributed by atoms with van der Waals surface area (Å²) in [6.45, 7) is 2.28. The Morgan fingerprint density at radius 1 is 1.32 bits per heavy atom. The van der Waals surface area contributed by atoms with Crippen LogP contribution in [-0.2, 0) is 10.0 Å². The highest BCUT2D eigenvalue weighted by Gasteiger charge is 2.18. The third-order valence-corrected chi connectivity index (χ3v) is 6.21. The number of aliphatic hydroxyl groups excluding tert-OH is 1. The molecule has 0 aliphatic heterocycles. The standard InChI is InChI=1S/C17H22FNO4S2/c1-2-23-16-6-5-14(12-15(16)18)25(21,22)19-9-7-13(8-10-20)17-4-3-11-24-17/h3-6,11-13,19-20H,2,7-10H2,1H3/t13-/m0/s1. The molecule has 1 heterocycles. The second-order valence-corrected chi connectivity index (χ2v) is 8.18. The summed E-state index contributed by atoms with van der Waals surface area (Å²) in [5.74, 6) is -0.589. The van der Waals surface area contributed by atoms with Gasteiger partial charge in [-0.25, -0.2) is 17.5 Å². The van der Waals surface area contributed by atoms with E-state index >= 15 is 0 Å². The number of sulfonamides is 1. The lowest BCUT2D eigenvalue weighted by Gasteiger charge is -2.15. The molecule has 0 unspecified atom stereocenters. The zero-order valence-corrected chi connectivity index (χ0v) is 15.6. The predicted octanol–water partition coefficient (Wildman–Crippen LogP) is 3.12. The van der Waals surface area contributed by atoms with Gasteiger partial charge in [0.25, 0.3) is 0 Å². The van der Waals surface area contributed by atoms with Crippen molar-refractivity contribution in [3.63, 3.8) is 0 Å². The SMILES string of the molecule is CCOc1ccc(S(=O)(=O)NCC[C@@H](CCO)c2cccs2)cc1F. The van der Waals surface area contributed by atoms with Crippen molar-refractivity contribution in [2.75, 3.05) is 19.8 Å². The number of rotatable bonds is 10. The molecule has 1 aromatic heterocycles. The van der Waals surface area contributed by atoms with Gasteiger partial charge in [0.2, 0.25) is 10.0 Å². The molecule has 0 aliphatic carbocycles. The van der Waals surface area contributed by atoms with Crippen molar-refractivity contribution < 1.29 is 22.7 Å². The van der Waals surface area contributed by atoms with E-state index in [0.717, 1.165) is 10.9 Å². The first-order valence-corrected chi connectivity index (χ1v) is 10.4. The van der Waals surface area contributed by atoms with E-state index in [9.17, 15) is 17.9 Å². The highest BCUT2D eigenvalue weighted by atomic mass is 32.2. The average Bonchev–Trinajstić information content (AvgIpc) is 3.10. The first-order chi connectivity index (χ1) is 12.0. The zero-order chi connectivity index (χ0) is 18.3. The summed E-state index contributed by atoms with van der Waals surface area (Å²) in [6.07, 6.45) is 1.12. The normalized spacial score (nSPS) is 12.9. The maximum absolute atomic E-state index is 13.9. The van der Waals surface area contributed by atoms with Gasteiger partial charge in [-0.1, -0.05) is 6.07 Å². The van der Waals surface area contributed by atoms with Gasteiger partial charge in [-0.2, -0.15) is 0 Å². The molecular formula is C17H22FNO4S2. The Hall–Kier alpha value is -1.48. The van der Waals surface area contributed by atoms with Gasteiger partial charge in [-0.15, -0.1) is 11.3 Å². The van der Waals surface area contributed by atoms with Crippen molar-refractivity contribution in [1.29, 1.82) is 0 Å². The Kier molecular flexibility index (Phi) is 7.37. The van der Waals surface area contributed by atoms with Crippen LogP contribution in [0.25, 0.3) is 0 Å². The summed E-state index contributed by atoms with van der Waals surface area (Å²) < 4.78 is 46.1. The molecule has 138 valence electrons. The molecule has 5 nitrogen and oxygen atoms in total. The molecule has 0 amide bonds. The predicted molar refractivity (Wildman–Crippen MR) is 96.1 cm³/mol. The van der Waals surface area contributed by atoms with Gasteiger partial charge >= 0.3 is 0 Å². The van der Waals surface area contributed by atoms with Gasteiger partial charge in [0.15, 0.2) is 11.6 Å². The summed E-state index contributed by atoms with van der Waals surface area (Å²) in [5, 5.41) is 11.1. The fraction of sp³-hybridized carbons (Fsp3) is 0.412. The second kappa shape index (κ2) is 9.28. The van der Waals surface area contributed by atoms with E-state index in [2.05, 4.69) is 4.72 Å². The first-order valence-electron chi connectivity index (χ1n) is 8.04. The number of hydrogen-bond donors (Lipinski definition) is 2. The highest BCUT2D eigenvalue weighted by Crippen LogP contribution is 2.27. The molecule has 0 bridgehead atoms. The van der Waals surface area contributed by atoms with E-state index in [1.807, 2.05) is 17.5 Å². The van der Waals surface area contributed by atoms with E-state index in [1.165, 1.54) is 12.1 Å². The first kappa shape index (κ1) is 19.8. The topological polar surface area (TPSA) is 75.6 Å². The van der Waals surface area contributed by atoms with Gasteiger partial charge in [-0.3, -0.25) is 0 Å². The Bertz CT molecular complexity index is 763. The van der Waals surface area contributed by atoms with Crippen LogP contribution in [0.4, 0.5) is 4.39 Å². The zero-order valence-electron chi connectivity index (χ0n) is 13.9. The fourth-order valence-electron chi connectivity index (χ4n) is 2.48. The summed E-state index contributed by atoms with van der Waals surface area (Å²) >= 11 is 1.58. The largest absolute Gasteiger partial charge is 0.491 e. The Morgan fingerprint density at radius 3 is 2.72 bits per heavy atom. The van der Waals surface area contributed by atoms with Crippen LogP contribution in [0.15, 0.2) is 40.6 Å². The van der Waals surface area contributed by atoms with Gasteiger partial charge in [0.05, 0.1) is 11.5 Å². The highest BCUT2D eigenvalue weighted by molar-refractivity contribution is 7.89. The number of aliphatic hydroxyl groups is 1. The Morgan fingerprint density at radius 2 is 2.12 bits per heavy atom. The maximum Gasteiger partial charge on any atom is 0.240 e. The summed E-state index contributed by atoms with van der Waals surface area (Å²) in [6, 6.07) is 7.49. The molecule has 2 aromatic rings. The van der Waals surface area contributed by atoms with Crippen molar-refractivity contribution in [2.45, 2.75) is 30.6 Å². The molecule has 1 aromatic carbocycles. The number of halogens is 1. The lowest BCUT2D eigenvalue weighted by atomic mass is 10.0. The fourth-order valence-corrected chi connectivity index (χ4v) is 4.44. The van der Waals surface area contributed by atoms with Crippen LogP contribution in [0.3, 0.4) is 0 Å². The van der Waals surface area contributed by atoms with Crippen molar-refractivity contribution in [1.82, 2.24) is 4.72 Å². The van der Waals surface area contributed by atoms with E-state index in [-0.39, 0.29) is 29.7 Å². The van der Waals surface area contributed by atoms with E-state index in [4.69, 9.17) is 4.74 Å². The molecule has 1 atom stereocenters. The van der Waals surface area contributed by atoms with E-state index in [1.54, 1.807) is 18.3 Å². The van der Waals surface area contributed by atoms with Crippen LogP contribution in [0.1, 0.15) is 30.6 Å². The minimum absolute atomic E-state index is 0.0298. The maximum atomic E-state index is 13.9. The van der Waals surface area contributed by atoms with Crippen molar-refractivity contribution in [3.8, 4) is 5.75 Å². The van der Waals surface area contributed by atoms with Gasteiger partial charge < -0.3 is 9.84 Å². The summed E-state index contributed by atoms with van der Waals surface area (Å²) in [5.41, 5.74) is 0. The summed E-state index contributed by atoms with van der Waals surface area (Å²) in [4.78, 5) is 0.976. The number of hydrogen-bond acceptors (Lipinski definition) is 5. The van der Waals surface area contributed by atoms with Gasteiger partial charge in [0, 0.05) is 18.0 Å². The van der Waals surface area contributed by atoms with Crippen LogP contribution in [0.2, 0.25) is 0 Å². The Balaban J connectivity index is 2.00.